The fraction of sp³-hybridized carbons (Fsp3) is 0.258. The molecule has 2 atom stereocenters. The molecule has 0 aromatic heterocycles. The van der Waals surface area contributed by atoms with Crippen LogP contribution in [0.15, 0.2) is 95.9 Å². The highest BCUT2D eigenvalue weighted by molar-refractivity contribution is 7.89. The van der Waals surface area contributed by atoms with Crippen molar-refractivity contribution in [2.24, 2.45) is 0 Å². The van der Waals surface area contributed by atoms with Gasteiger partial charge in [0.2, 0.25) is 15.9 Å². The molecule has 4 aromatic carbocycles. The molecule has 0 spiro atoms. The van der Waals surface area contributed by atoms with Crippen molar-refractivity contribution in [3.63, 3.8) is 0 Å². The number of sulfonamides is 1. The average Bonchev–Trinajstić information content (AvgIpc) is 2.92. The SMILES string of the molecule is CN(C)Cc1ccc2c(c1)OCCC2NC(=O)CC(NS(=O)(=O)c1ccc2ccccc2c1)c1ccccc1. The first kappa shape index (κ1) is 26.9. The van der Waals surface area contributed by atoms with Crippen LogP contribution in [0, 0.1) is 0 Å². The first-order chi connectivity index (χ1) is 18.8. The van der Waals surface area contributed by atoms with Gasteiger partial charge >= 0.3 is 0 Å². The van der Waals surface area contributed by atoms with E-state index in [4.69, 9.17) is 4.74 Å². The zero-order valence-electron chi connectivity index (χ0n) is 22.1. The molecule has 2 unspecified atom stereocenters. The average molecular weight is 544 g/mol. The van der Waals surface area contributed by atoms with Crippen LogP contribution in [0.25, 0.3) is 10.8 Å². The van der Waals surface area contributed by atoms with E-state index in [0.29, 0.717) is 13.0 Å². The molecule has 0 radical (unpaired) electrons. The number of carbonyl (C=O) groups excluding carboxylic acids is 1. The third-order valence-electron chi connectivity index (χ3n) is 6.87. The lowest BCUT2D eigenvalue weighted by Crippen LogP contribution is -2.36. The predicted molar refractivity (Wildman–Crippen MR) is 153 cm³/mol. The summed E-state index contributed by atoms with van der Waals surface area (Å²) in [5.41, 5.74) is 2.79. The molecule has 1 aliphatic rings. The molecule has 1 amide bonds. The van der Waals surface area contributed by atoms with E-state index in [0.717, 1.165) is 39.8 Å². The molecule has 2 N–H and O–H groups in total. The second-order valence-electron chi connectivity index (χ2n) is 10.2. The first-order valence-corrected chi connectivity index (χ1v) is 14.5. The van der Waals surface area contributed by atoms with Gasteiger partial charge in [-0.3, -0.25) is 4.79 Å². The highest BCUT2D eigenvalue weighted by Gasteiger charge is 2.27. The van der Waals surface area contributed by atoms with Gasteiger partial charge in [0.25, 0.3) is 0 Å². The fourth-order valence-electron chi connectivity index (χ4n) is 4.99. The van der Waals surface area contributed by atoms with Crippen LogP contribution >= 0.6 is 0 Å². The van der Waals surface area contributed by atoms with Gasteiger partial charge in [-0.25, -0.2) is 13.1 Å². The number of rotatable bonds is 9. The van der Waals surface area contributed by atoms with Crippen molar-refractivity contribution in [2.45, 2.75) is 36.4 Å². The van der Waals surface area contributed by atoms with E-state index in [2.05, 4.69) is 21.0 Å². The quantitative estimate of drug-likeness (QED) is 0.312. The Kier molecular flexibility index (Phi) is 7.97. The molecule has 8 heteroatoms. The molecule has 202 valence electrons. The van der Waals surface area contributed by atoms with Gasteiger partial charge in [-0.2, -0.15) is 0 Å². The number of benzene rings is 4. The Morgan fingerprint density at radius 1 is 0.949 bits per heavy atom. The maximum absolute atomic E-state index is 13.4. The zero-order chi connectivity index (χ0) is 27.4. The normalized spacial score (nSPS) is 15.9. The molecule has 1 heterocycles. The van der Waals surface area contributed by atoms with Gasteiger partial charge < -0.3 is 15.0 Å². The third-order valence-corrected chi connectivity index (χ3v) is 8.34. The molecule has 0 saturated carbocycles. The number of hydrogen-bond acceptors (Lipinski definition) is 5. The molecule has 0 fully saturated rings. The molecule has 0 saturated heterocycles. The Morgan fingerprint density at radius 2 is 1.69 bits per heavy atom. The van der Waals surface area contributed by atoms with Gasteiger partial charge in [-0.15, -0.1) is 0 Å². The Hall–Kier alpha value is -3.72. The zero-order valence-corrected chi connectivity index (χ0v) is 22.9. The van der Waals surface area contributed by atoms with E-state index in [-0.39, 0.29) is 23.3 Å². The van der Waals surface area contributed by atoms with Crippen molar-refractivity contribution in [1.82, 2.24) is 14.9 Å². The molecular formula is C31H33N3O4S. The maximum Gasteiger partial charge on any atom is 0.241 e. The van der Waals surface area contributed by atoms with Crippen LogP contribution in [-0.2, 0) is 21.4 Å². The first-order valence-electron chi connectivity index (χ1n) is 13.0. The topological polar surface area (TPSA) is 87.7 Å². The number of ether oxygens (including phenoxy) is 1. The lowest BCUT2D eigenvalue weighted by atomic mass is 9.97. The molecule has 5 rings (SSSR count). The van der Waals surface area contributed by atoms with E-state index in [1.54, 1.807) is 18.2 Å². The van der Waals surface area contributed by atoms with Crippen LogP contribution in [0.2, 0.25) is 0 Å². The number of fused-ring (bicyclic) bond motifs is 2. The van der Waals surface area contributed by atoms with Gasteiger partial charge in [0.15, 0.2) is 0 Å². The van der Waals surface area contributed by atoms with E-state index in [9.17, 15) is 13.2 Å². The number of amides is 1. The van der Waals surface area contributed by atoms with Crippen LogP contribution in [0.4, 0.5) is 0 Å². The van der Waals surface area contributed by atoms with E-state index >= 15 is 0 Å². The highest BCUT2D eigenvalue weighted by atomic mass is 32.2. The predicted octanol–water partition coefficient (Wildman–Crippen LogP) is 4.95. The summed E-state index contributed by atoms with van der Waals surface area (Å²) >= 11 is 0. The second-order valence-corrected chi connectivity index (χ2v) is 11.9. The number of carbonyl (C=O) groups is 1. The summed E-state index contributed by atoms with van der Waals surface area (Å²) in [5, 5.41) is 4.91. The molecule has 7 nitrogen and oxygen atoms in total. The standard InChI is InChI=1S/C31H33N3O4S/c1-34(2)21-22-12-15-27-28(16-17-38-30(27)18-22)32-31(35)20-29(24-9-4-3-5-10-24)33-39(36,37)26-14-13-23-8-6-7-11-25(23)19-26/h3-15,18-19,28-29,33H,16-17,20-21H2,1-2H3,(H,32,35). The van der Waals surface area contributed by atoms with Crippen LogP contribution < -0.4 is 14.8 Å². The van der Waals surface area contributed by atoms with Gasteiger partial charge in [0.05, 0.1) is 23.6 Å². The third kappa shape index (κ3) is 6.47. The Morgan fingerprint density at radius 3 is 2.46 bits per heavy atom. The van der Waals surface area contributed by atoms with Crippen molar-refractivity contribution in [1.29, 1.82) is 0 Å². The Bertz CT molecular complexity index is 1570. The minimum Gasteiger partial charge on any atom is -0.493 e. The summed E-state index contributed by atoms with van der Waals surface area (Å²) in [4.78, 5) is 15.6. The number of nitrogens with one attached hydrogen (secondary N) is 2. The molecular weight excluding hydrogens is 510 g/mol. The van der Waals surface area contributed by atoms with Gasteiger partial charge in [0.1, 0.15) is 5.75 Å². The van der Waals surface area contributed by atoms with Crippen molar-refractivity contribution < 1.29 is 17.9 Å². The number of hydrogen-bond donors (Lipinski definition) is 2. The molecule has 0 bridgehead atoms. The van der Waals surface area contributed by atoms with Crippen molar-refractivity contribution in [3.8, 4) is 5.75 Å². The monoisotopic (exact) mass is 543 g/mol. The smallest absolute Gasteiger partial charge is 0.241 e. The summed E-state index contributed by atoms with van der Waals surface area (Å²) in [6.45, 7) is 1.30. The minimum atomic E-state index is -3.90. The van der Waals surface area contributed by atoms with Crippen LogP contribution in [0.1, 0.15) is 41.6 Å². The number of nitrogens with zero attached hydrogens (tertiary/aromatic N) is 1. The molecule has 4 aromatic rings. The molecule has 1 aliphatic heterocycles. The van der Waals surface area contributed by atoms with Crippen molar-refractivity contribution in [2.75, 3.05) is 20.7 Å². The maximum atomic E-state index is 13.4. The van der Waals surface area contributed by atoms with Gasteiger partial charge in [-0.05, 0) is 54.2 Å². The van der Waals surface area contributed by atoms with Crippen LogP contribution in [-0.4, -0.2) is 39.9 Å². The fourth-order valence-corrected chi connectivity index (χ4v) is 6.25. The van der Waals surface area contributed by atoms with Crippen molar-refractivity contribution >= 4 is 26.7 Å². The highest BCUT2D eigenvalue weighted by Crippen LogP contribution is 2.33. The largest absolute Gasteiger partial charge is 0.493 e. The minimum absolute atomic E-state index is 0.0395. The molecule has 0 aliphatic carbocycles. The molecule has 39 heavy (non-hydrogen) atoms. The van der Waals surface area contributed by atoms with Gasteiger partial charge in [0, 0.05) is 24.9 Å². The lowest BCUT2D eigenvalue weighted by molar-refractivity contribution is -0.122. The Balaban J connectivity index is 1.35. The summed E-state index contributed by atoms with van der Waals surface area (Å²) in [6.07, 6.45) is 0.604. The summed E-state index contributed by atoms with van der Waals surface area (Å²) in [6, 6.07) is 27.0. The summed E-state index contributed by atoms with van der Waals surface area (Å²) in [5.74, 6) is 0.544. The second kappa shape index (κ2) is 11.6. The van der Waals surface area contributed by atoms with E-state index < -0.39 is 16.1 Å². The van der Waals surface area contributed by atoms with Crippen molar-refractivity contribution in [3.05, 3.63) is 108 Å². The van der Waals surface area contributed by atoms with Crippen LogP contribution in [0.5, 0.6) is 5.75 Å². The lowest BCUT2D eigenvalue weighted by Gasteiger charge is -2.28. The van der Waals surface area contributed by atoms with Gasteiger partial charge in [-0.1, -0.05) is 72.8 Å². The summed E-state index contributed by atoms with van der Waals surface area (Å²) < 4.78 is 35.6. The Labute approximate surface area is 229 Å². The van der Waals surface area contributed by atoms with E-state index in [1.165, 1.54) is 0 Å². The van der Waals surface area contributed by atoms with Crippen LogP contribution in [0.3, 0.4) is 0 Å². The van der Waals surface area contributed by atoms with E-state index in [1.807, 2.05) is 80.8 Å². The summed E-state index contributed by atoms with van der Waals surface area (Å²) in [7, 11) is 0.134.